The molecule has 1 aromatic carbocycles. The van der Waals surface area contributed by atoms with Crippen LogP contribution in [0.5, 0.6) is 0 Å². The van der Waals surface area contributed by atoms with Gasteiger partial charge in [-0.2, -0.15) is 0 Å². The maximum absolute atomic E-state index is 13.0. The molecule has 1 heterocycles. The smallest absolute Gasteiger partial charge is 0.266 e. The zero-order valence-electron chi connectivity index (χ0n) is 7.81. The van der Waals surface area contributed by atoms with Crippen molar-refractivity contribution in [1.29, 1.82) is 0 Å². The molecule has 1 saturated heterocycles. The summed E-state index contributed by atoms with van der Waals surface area (Å²) in [5.74, 6) is -2.61. The second kappa shape index (κ2) is 3.80. The van der Waals surface area contributed by atoms with Crippen molar-refractivity contribution in [3.8, 4) is 0 Å². The van der Waals surface area contributed by atoms with Gasteiger partial charge in [-0.1, -0.05) is 23.2 Å². The first-order valence-electron chi connectivity index (χ1n) is 4.56. The summed E-state index contributed by atoms with van der Waals surface area (Å²) < 4.78 is 26.0. The Labute approximate surface area is 96.6 Å². The molecule has 5 heteroatoms. The van der Waals surface area contributed by atoms with Gasteiger partial charge >= 0.3 is 0 Å². The Morgan fingerprint density at radius 2 is 2.00 bits per heavy atom. The monoisotopic (exact) mass is 251 g/mol. The summed E-state index contributed by atoms with van der Waals surface area (Å²) in [4.78, 5) is 1.58. The fraction of sp³-hybridized carbons (Fsp3) is 0.400. The Bertz CT molecular complexity index is 382. The van der Waals surface area contributed by atoms with Crippen molar-refractivity contribution in [1.82, 2.24) is 0 Å². The third kappa shape index (κ3) is 2.34. The third-order valence-electron chi connectivity index (χ3n) is 2.42. The quantitative estimate of drug-likeness (QED) is 0.733. The second-order valence-electron chi connectivity index (χ2n) is 3.62. The van der Waals surface area contributed by atoms with E-state index < -0.39 is 5.92 Å². The van der Waals surface area contributed by atoms with Crippen molar-refractivity contribution in [2.75, 3.05) is 18.0 Å². The lowest BCUT2D eigenvalue weighted by Crippen LogP contribution is -2.24. The highest BCUT2D eigenvalue weighted by Crippen LogP contribution is 2.35. The van der Waals surface area contributed by atoms with E-state index in [0.29, 0.717) is 22.3 Å². The highest BCUT2D eigenvalue weighted by molar-refractivity contribution is 6.36. The van der Waals surface area contributed by atoms with Gasteiger partial charge in [0.2, 0.25) is 0 Å². The van der Waals surface area contributed by atoms with E-state index in [1.165, 1.54) is 0 Å². The fourth-order valence-corrected chi connectivity index (χ4v) is 2.21. The van der Waals surface area contributed by atoms with Crippen molar-refractivity contribution in [2.24, 2.45) is 0 Å². The van der Waals surface area contributed by atoms with Crippen molar-refractivity contribution >= 4 is 28.9 Å². The second-order valence-corrected chi connectivity index (χ2v) is 4.47. The Balaban J connectivity index is 2.24. The zero-order valence-corrected chi connectivity index (χ0v) is 9.32. The van der Waals surface area contributed by atoms with Gasteiger partial charge in [-0.05, 0) is 18.2 Å². The van der Waals surface area contributed by atoms with Crippen LogP contribution in [0.15, 0.2) is 18.2 Å². The molecule has 0 amide bonds. The molecule has 1 fully saturated rings. The number of hydrogen-bond acceptors (Lipinski definition) is 1. The summed E-state index contributed by atoms with van der Waals surface area (Å²) in [6.07, 6.45) is -0.119. The molecule has 2 rings (SSSR count). The van der Waals surface area contributed by atoms with Gasteiger partial charge in [-0.25, -0.2) is 8.78 Å². The molecular weight excluding hydrogens is 243 g/mol. The lowest BCUT2D eigenvalue weighted by Gasteiger charge is -2.19. The molecule has 0 unspecified atom stereocenters. The SMILES string of the molecule is FC1(F)CCN(c2ccc(Cl)cc2Cl)C1. The molecule has 0 aliphatic carbocycles. The van der Waals surface area contributed by atoms with E-state index in [4.69, 9.17) is 23.2 Å². The van der Waals surface area contributed by atoms with Gasteiger partial charge in [0.05, 0.1) is 17.3 Å². The number of benzene rings is 1. The van der Waals surface area contributed by atoms with Gasteiger partial charge in [0.1, 0.15) is 0 Å². The summed E-state index contributed by atoms with van der Waals surface area (Å²) in [6, 6.07) is 4.89. The minimum Gasteiger partial charge on any atom is -0.364 e. The number of hydrogen-bond donors (Lipinski definition) is 0. The molecule has 1 aliphatic heterocycles. The first kappa shape index (κ1) is 11.0. The van der Waals surface area contributed by atoms with E-state index in [0.717, 1.165) is 0 Å². The standard InChI is InChI=1S/C10H9Cl2F2N/c11-7-1-2-9(8(12)5-7)15-4-3-10(13,14)6-15/h1-2,5H,3-4,6H2. The number of alkyl halides is 2. The highest BCUT2D eigenvalue weighted by Gasteiger charge is 2.38. The molecule has 0 N–H and O–H groups in total. The normalized spacial score (nSPS) is 19.6. The minimum absolute atomic E-state index is 0.119. The predicted octanol–water partition coefficient (Wildman–Crippen LogP) is 3.84. The van der Waals surface area contributed by atoms with Crippen LogP contribution in [-0.2, 0) is 0 Å². The van der Waals surface area contributed by atoms with Gasteiger partial charge in [0, 0.05) is 18.0 Å². The molecule has 1 nitrogen and oxygen atoms in total. The predicted molar refractivity (Wildman–Crippen MR) is 58.2 cm³/mol. The van der Waals surface area contributed by atoms with E-state index in [1.54, 1.807) is 23.1 Å². The highest BCUT2D eigenvalue weighted by atomic mass is 35.5. The molecule has 0 aromatic heterocycles. The average Bonchev–Trinajstić information content (AvgIpc) is 2.46. The van der Waals surface area contributed by atoms with E-state index >= 15 is 0 Å². The van der Waals surface area contributed by atoms with Crippen LogP contribution in [0.3, 0.4) is 0 Å². The Hall–Kier alpha value is -0.540. The number of halogens is 4. The number of rotatable bonds is 1. The van der Waals surface area contributed by atoms with E-state index in [1.807, 2.05) is 0 Å². The number of anilines is 1. The van der Waals surface area contributed by atoms with Gasteiger partial charge in [-0.15, -0.1) is 0 Å². The first-order chi connectivity index (χ1) is 6.98. The summed E-state index contributed by atoms with van der Waals surface area (Å²) in [5, 5.41) is 0.926. The van der Waals surface area contributed by atoms with Gasteiger partial charge in [-0.3, -0.25) is 0 Å². The average molecular weight is 252 g/mol. The minimum atomic E-state index is -2.61. The van der Waals surface area contributed by atoms with Crippen LogP contribution < -0.4 is 4.90 Å². The van der Waals surface area contributed by atoms with Crippen LogP contribution >= 0.6 is 23.2 Å². The number of nitrogens with zero attached hydrogens (tertiary/aromatic N) is 1. The molecule has 0 spiro atoms. The molecular formula is C10H9Cl2F2N. The first-order valence-corrected chi connectivity index (χ1v) is 5.31. The molecule has 15 heavy (non-hydrogen) atoms. The van der Waals surface area contributed by atoms with Crippen LogP contribution in [0.25, 0.3) is 0 Å². The topological polar surface area (TPSA) is 3.24 Å². The van der Waals surface area contributed by atoms with Crippen LogP contribution in [0.2, 0.25) is 10.0 Å². The van der Waals surface area contributed by atoms with Crippen molar-refractivity contribution in [3.63, 3.8) is 0 Å². The molecule has 1 aromatic rings. The Morgan fingerprint density at radius 1 is 1.27 bits per heavy atom. The van der Waals surface area contributed by atoms with Crippen LogP contribution in [-0.4, -0.2) is 19.0 Å². The van der Waals surface area contributed by atoms with Gasteiger partial charge < -0.3 is 4.90 Å². The van der Waals surface area contributed by atoms with Gasteiger partial charge in [0.15, 0.2) is 0 Å². The Morgan fingerprint density at radius 3 is 2.53 bits per heavy atom. The van der Waals surface area contributed by atoms with E-state index in [-0.39, 0.29) is 13.0 Å². The Kier molecular flexibility index (Phi) is 2.77. The summed E-state index contributed by atoms with van der Waals surface area (Å²) in [6.45, 7) is 0.0582. The van der Waals surface area contributed by atoms with E-state index in [2.05, 4.69) is 0 Å². The van der Waals surface area contributed by atoms with Crippen LogP contribution in [0.1, 0.15) is 6.42 Å². The molecule has 0 bridgehead atoms. The van der Waals surface area contributed by atoms with Crippen LogP contribution in [0.4, 0.5) is 14.5 Å². The summed E-state index contributed by atoms with van der Waals surface area (Å²) in [7, 11) is 0. The molecule has 0 radical (unpaired) electrons. The lowest BCUT2D eigenvalue weighted by molar-refractivity contribution is 0.0257. The maximum atomic E-state index is 13.0. The maximum Gasteiger partial charge on any atom is 0.266 e. The molecule has 0 saturated carbocycles. The van der Waals surface area contributed by atoms with Crippen molar-refractivity contribution in [2.45, 2.75) is 12.3 Å². The fourth-order valence-electron chi connectivity index (χ4n) is 1.68. The molecule has 1 aliphatic rings. The van der Waals surface area contributed by atoms with Gasteiger partial charge in [0.25, 0.3) is 5.92 Å². The van der Waals surface area contributed by atoms with Crippen LogP contribution in [0, 0.1) is 0 Å². The van der Waals surface area contributed by atoms with Crippen molar-refractivity contribution < 1.29 is 8.78 Å². The molecule has 0 atom stereocenters. The lowest BCUT2D eigenvalue weighted by atomic mass is 10.3. The summed E-state index contributed by atoms with van der Waals surface area (Å²) in [5.41, 5.74) is 0.623. The van der Waals surface area contributed by atoms with Crippen molar-refractivity contribution in [3.05, 3.63) is 28.2 Å². The zero-order chi connectivity index (χ0) is 11.1. The summed E-state index contributed by atoms with van der Waals surface area (Å²) >= 11 is 11.7. The molecule has 82 valence electrons. The largest absolute Gasteiger partial charge is 0.364 e. The van der Waals surface area contributed by atoms with E-state index in [9.17, 15) is 8.78 Å². The third-order valence-corrected chi connectivity index (χ3v) is 2.96.